The lowest BCUT2D eigenvalue weighted by atomic mass is 10.1. The summed E-state index contributed by atoms with van der Waals surface area (Å²) in [5, 5.41) is 7.15. The van der Waals surface area contributed by atoms with Gasteiger partial charge in [0.1, 0.15) is 5.56 Å². The summed E-state index contributed by atoms with van der Waals surface area (Å²) >= 11 is 0. The molecule has 0 radical (unpaired) electrons. The van der Waals surface area contributed by atoms with Crippen molar-refractivity contribution < 1.29 is 14.3 Å². The van der Waals surface area contributed by atoms with E-state index in [1.807, 2.05) is 51.1 Å². The number of ether oxygens (including phenoxy) is 1. The smallest absolute Gasteiger partial charge is 0.342 e. The molecule has 0 spiro atoms. The molecule has 6 nitrogen and oxygen atoms in total. The molecule has 0 aliphatic rings. The predicted octanol–water partition coefficient (Wildman–Crippen LogP) is 2.56. The lowest BCUT2D eigenvalue weighted by molar-refractivity contribution is -0.125. The highest BCUT2D eigenvalue weighted by atomic mass is 16.5. The summed E-state index contributed by atoms with van der Waals surface area (Å²) in [6.45, 7) is 8.84. The molecule has 128 valence electrons. The van der Waals surface area contributed by atoms with E-state index in [1.165, 1.54) is 0 Å². The first-order valence-electron chi connectivity index (χ1n) is 7.79. The molecule has 0 saturated heterocycles. The number of carbonyl (C=O) groups excluding carboxylic acids is 2. The summed E-state index contributed by atoms with van der Waals surface area (Å²) in [6.07, 6.45) is 0. The zero-order chi connectivity index (χ0) is 17.9. The number of nitrogens with zero attached hydrogens (tertiary/aromatic N) is 2. The number of aromatic nitrogens is 2. The van der Waals surface area contributed by atoms with Crippen molar-refractivity contribution in [3.63, 3.8) is 0 Å². The van der Waals surface area contributed by atoms with Gasteiger partial charge in [0.15, 0.2) is 6.61 Å². The second-order valence-corrected chi connectivity index (χ2v) is 6.67. The highest BCUT2D eigenvalue weighted by Crippen LogP contribution is 2.18. The number of benzene rings is 1. The van der Waals surface area contributed by atoms with Gasteiger partial charge in [0.2, 0.25) is 0 Å². The molecule has 0 aliphatic heterocycles. The molecule has 0 unspecified atom stereocenters. The topological polar surface area (TPSA) is 73.2 Å². The average Bonchev–Trinajstić information content (AvgIpc) is 2.79. The Bertz CT molecular complexity index is 743. The number of hydrogen-bond donors (Lipinski definition) is 1. The van der Waals surface area contributed by atoms with Crippen LogP contribution < -0.4 is 5.32 Å². The van der Waals surface area contributed by atoms with Crippen LogP contribution in [0.2, 0.25) is 0 Å². The van der Waals surface area contributed by atoms with Crippen LogP contribution in [0, 0.1) is 13.8 Å². The van der Waals surface area contributed by atoms with E-state index in [9.17, 15) is 9.59 Å². The van der Waals surface area contributed by atoms with E-state index in [1.54, 1.807) is 18.5 Å². The van der Waals surface area contributed by atoms with Gasteiger partial charge in [0.05, 0.1) is 17.1 Å². The predicted molar refractivity (Wildman–Crippen MR) is 91.2 cm³/mol. The minimum Gasteiger partial charge on any atom is -0.452 e. The molecule has 6 heteroatoms. The van der Waals surface area contributed by atoms with Crippen LogP contribution in [0.5, 0.6) is 0 Å². The van der Waals surface area contributed by atoms with Crippen LogP contribution >= 0.6 is 0 Å². The highest BCUT2D eigenvalue weighted by Gasteiger charge is 2.22. The van der Waals surface area contributed by atoms with E-state index in [2.05, 4.69) is 10.4 Å². The summed E-state index contributed by atoms with van der Waals surface area (Å²) in [7, 11) is 0. The first kappa shape index (κ1) is 17.7. The second kappa shape index (κ2) is 6.86. The van der Waals surface area contributed by atoms with Crippen molar-refractivity contribution in [2.75, 3.05) is 6.61 Å². The van der Waals surface area contributed by atoms with E-state index >= 15 is 0 Å². The van der Waals surface area contributed by atoms with Gasteiger partial charge < -0.3 is 10.1 Å². The van der Waals surface area contributed by atoms with Crippen LogP contribution in [0.25, 0.3) is 5.69 Å². The van der Waals surface area contributed by atoms with Crippen LogP contribution in [0.15, 0.2) is 30.3 Å². The van der Waals surface area contributed by atoms with Crippen molar-refractivity contribution in [1.29, 1.82) is 0 Å². The van der Waals surface area contributed by atoms with Crippen molar-refractivity contribution in [3.05, 3.63) is 47.3 Å². The van der Waals surface area contributed by atoms with Gasteiger partial charge in [0.25, 0.3) is 5.91 Å². The number of carbonyl (C=O) groups is 2. The van der Waals surface area contributed by atoms with Crippen molar-refractivity contribution in [2.24, 2.45) is 0 Å². The normalized spacial score (nSPS) is 11.2. The van der Waals surface area contributed by atoms with Gasteiger partial charge in [0, 0.05) is 5.54 Å². The fraction of sp³-hybridized carbons (Fsp3) is 0.389. The lowest BCUT2D eigenvalue weighted by Gasteiger charge is -2.20. The Morgan fingerprint density at radius 2 is 1.79 bits per heavy atom. The molecule has 0 aliphatic carbocycles. The Kier molecular flexibility index (Phi) is 5.07. The number of aryl methyl sites for hydroxylation is 1. The Labute approximate surface area is 141 Å². The van der Waals surface area contributed by atoms with Gasteiger partial charge in [-0.2, -0.15) is 5.10 Å². The summed E-state index contributed by atoms with van der Waals surface area (Å²) in [6, 6.07) is 9.54. The molecular formula is C18H23N3O3. The van der Waals surface area contributed by atoms with E-state index in [0.717, 1.165) is 5.69 Å². The van der Waals surface area contributed by atoms with E-state index in [-0.39, 0.29) is 18.1 Å². The van der Waals surface area contributed by atoms with E-state index < -0.39 is 5.97 Å². The van der Waals surface area contributed by atoms with Crippen molar-refractivity contribution in [1.82, 2.24) is 15.1 Å². The molecule has 24 heavy (non-hydrogen) atoms. The fourth-order valence-electron chi connectivity index (χ4n) is 2.42. The van der Waals surface area contributed by atoms with Gasteiger partial charge in [-0.3, -0.25) is 4.79 Å². The third-order valence-electron chi connectivity index (χ3n) is 3.34. The molecular weight excluding hydrogens is 306 g/mol. The molecule has 1 amide bonds. The molecule has 1 aromatic heterocycles. The third-order valence-corrected chi connectivity index (χ3v) is 3.34. The molecule has 0 atom stereocenters. The molecule has 2 rings (SSSR count). The van der Waals surface area contributed by atoms with Crippen LogP contribution in [0.1, 0.15) is 42.5 Å². The number of hydrogen-bond acceptors (Lipinski definition) is 4. The molecule has 0 bridgehead atoms. The summed E-state index contributed by atoms with van der Waals surface area (Å²) in [5.74, 6) is -0.877. The number of amides is 1. The first-order valence-corrected chi connectivity index (χ1v) is 7.79. The maximum atomic E-state index is 12.3. The molecule has 0 fully saturated rings. The molecule has 1 heterocycles. The minimum atomic E-state index is -0.545. The Hall–Kier alpha value is -2.63. The third kappa shape index (κ3) is 4.22. The van der Waals surface area contributed by atoms with Crippen molar-refractivity contribution in [3.8, 4) is 5.69 Å². The van der Waals surface area contributed by atoms with Crippen molar-refractivity contribution >= 4 is 11.9 Å². The molecule has 0 saturated carbocycles. The van der Waals surface area contributed by atoms with Gasteiger partial charge in [-0.15, -0.1) is 0 Å². The highest BCUT2D eigenvalue weighted by molar-refractivity contribution is 5.93. The largest absolute Gasteiger partial charge is 0.452 e. The summed E-state index contributed by atoms with van der Waals surface area (Å²) in [5.41, 5.74) is 2.13. The zero-order valence-electron chi connectivity index (χ0n) is 14.7. The lowest BCUT2D eigenvalue weighted by Crippen LogP contribution is -2.42. The molecule has 1 aromatic carbocycles. The average molecular weight is 329 g/mol. The van der Waals surface area contributed by atoms with Crippen LogP contribution in [-0.4, -0.2) is 33.8 Å². The number of nitrogens with one attached hydrogen (secondary N) is 1. The quantitative estimate of drug-likeness (QED) is 0.875. The van der Waals surface area contributed by atoms with Gasteiger partial charge in [-0.05, 0) is 46.8 Å². The maximum Gasteiger partial charge on any atom is 0.342 e. The van der Waals surface area contributed by atoms with Crippen LogP contribution in [-0.2, 0) is 9.53 Å². The monoisotopic (exact) mass is 329 g/mol. The Balaban J connectivity index is 2.13. The van der Waals surface area contributed by atoms with Crippen LogP contribution in [0.4, 0.5) is 0 Å². The van der Waals surface area contributed by atoms with E-state index in [4.69, 9.17) is 4.74 Å². The fourth-order valence-corrected chi connectivity index (χ4v) is 2.42. The van der Waals surface area contributed by atoms with Gasteiger partial charge in [-0.25, -0.2) is 9.48 Å². The van der Waals surface area contributed by atoms with Gasteiger partial charge >= 0.3 is 5.97 Å². The minimum absolute atomic E-state index is 0.314. The van der Waals surface area contributed by atoms with Crippen LogP contribution in [0.3, 0.4) is 0 Å². The van der Waals surface area contributed by atoms with Gasteiger partial charge in [-0.1, -0.05) is 18.2 Å². The SMILES string of the molecule is Cc1nn(-c2ccccc2)c(C)c1C(=O)OCC(=O)NC(C)(C)C. The Morgan fingerprint density at radius 1 is 1.17 bits per heavy atom. The number of rotatable bonds is 4. The van der Waals surface area contributed by atoms with Crippen molar-refractivity contribution in [2.45, 2.75) is 40.2 Å². The number of esters is 1. The standard InChI is InChI=1S/C18H23N3O3/c1-12-16(17(23)24-11-15(22)19-18(3,4)5)13(2)21(20-12)14-9-7-6-8-10-14/h6-10H,11H2,1-5H3,(H,19,22). The maximum absolute atomic E-state index is 12.3. The number of para-hydroxylation sites is 1. The summed E-state index contributed by atoms with van der Waals surface area (Å²) < 4.78 is 6.84. The molecule has 2 aromatic rings. The Morgan fingerprint density at radius 3 is 2.38 bits per heavy atom. The summed E-state index contributed by atoms with van der Waals surface area (Å²) in [4.78, 5) is 24.1. The zero-order valence-corrected chi connectivity index (χ0v) is 14.7. The second-order valence-electron chi connectivity index (χ2n) is 6.67. The first-order chi connectivity index (χ1) is 11.2. The molecule has 1 N–H and O–H groups in total. The van der Waals surface area contributed by atoms with E-state index in [0.29, 0.717) is 17.0 Å².